The van der Waals surface area contributed by atoms with Gasteiger partial charge < -0.3 is 15.0 Å². The number of carbonyl (C=O) groups is 2. The standard InChI is InChI=1S/C19H19N5O3/c1-11(12-6-4-3-5-7-12)24-10-13-8-14-16(9-15(13)20-18(24)25)22-23-17(14)21-19(26)27-2/h3-9,11H,10H2,1-2H3,(H,20,25)(H2,21,22,23,26). The first kappa shape index (κ1) is 16.9. The molecule has 2 aromatic carbocycles. The average molecular weight is 365 g/mol. The van der Waals surface area contributed by atoms with Crippen molar-refractivity contribution in [2.75, 3.05) is 17.7 Å². The number of rotatable bonds is 3. The monoisotopic (exact) mass is 365 g/mol. The van der Waals surface area contributed by atoms with Crippen LogP contribution in [0.5, 0.6) is 0 Å². The summed E-state index contributed by atoms with van der Waals surface area (Å²) >= 11 is 0. The number of aromatic amines is 1. The summed E-state index contributed by atoms with van der Waals surface area (Å²) in [5.74, 6) is 0.388. The van der Waals surface area contributed by atoms with Crippen molar-refractivity contribution in [2.24, 2.45) is 0 Å². The number of methoxy groups -OCH3 is 1. The summed E-state index contributed by atoms with van der Waals surface area (Å²) in [6.07, 6.45) is -0.589. The molecule has 8 nitrogen and oxygen atoms in total. The van der Waals surface area contributed by atoms with E-state index in [1.54, 1.807) is 4.90 Å². The van der Waals surface area contributed by atoms with Crippen molar-refractivity contribution in [3.63, 3.8) is 0 Å². The van der Waals surface area contributed by atoms with Crippen molar-refractivity contribution in [1.82, 2.24) is 15.1 Å². The zero-order valence-electron chi connectivity index (χ0n) is 14.9. The SMILES string of the molecule is COC(=O)Nc1n[nH]c2cc3c(cc12)CN(C(C)c1ccccc1)C(=O)N3. The quantitative estimate of drug-likeness (QED) is 0.656. The van der Waals surface area contributed by atoms with Gasteiger partial charge in [0.05, 0.1) is 25.2 Å². The molecule has 3 N–H and O–H groups in total. The lowest BCUT2D eigenvalue weighted by Gasteiger charge is -2.34. The number of nitrogens with one attached hydrogen (secondary N) is 3. The van der Waals surface area contributed by atoms with Crippen LogP contribution in [0.2, 0.25) is 0 Å². The average Bonchev–Trinajstić information content (AvgIpc) is 3.07. The largest absolute Gasteiger partial charge is 0.453 e. The van der Waals surface area contributed by atoms with E-state index in [-0.39, 0.29) is 12.1 Å². The van der Waals surface area contributed by atoms with Gasteiger partial charge in [0.15, 0.2) is 5.82 Å². The zero-order chi connectivity index (χ0) is 19.0. The number of fused-ring (bicyclic) bond motifs is 2. The third kappa shape index (κ3) is 3.05. The van der Waals surface area contributed by atoms with Gasteiger partial charge in [-0.2, -0.15) is 5.10 Å². The highest BCUT2D eigenvalue weighted by Crippen LogP contribution is 2.34. The molecule has 3 aromatic rings. The van der Waals surface area contributed by atoms with Crippen LogP contribution >= 0.6 is 0 Å². The maximum absolute atomic E-state index is 12.6. The second-order valence-corrected chi connectivity index (χ2v) is 6.39. The van der Waals surface area contributed by atoms with E-state index in [9.17, 15) is 9.59 Å². The number of anilines is 2. The Morgan fingerprint density at radius 1 is 1.30 bits per heavy atom. The smallest absolute Gasteiger partial charge is 0.412 e. The molecule has 27 heavy (non-hydrogen) atoms. The molecule has 0 fully saturated rings. The molecular weight excluding hydrogens is 346 g/mol. The summed E-state index contributed by atoms with van der Waals surface area (Å²) in [5, 5.41) is 13.2. The summed E-state index contributed by atoms with van der Waals surface area (Å²) < 4.78 is 4.63. The number of nitrogens with zero attached hydrogens (tertiary/aromatic N) is 2. The maximum Gasteiger partial charge on any atom is 0.412 e. The molecule has 138 valence electrons. The number of carbonyl (C=O) groups excluding carboxylic acids is 2. The Kier molecular flexibility index (Phi) is 4.15. The molecule has 2 heterocycles. The molecule has 3 amide bonds. The number of amides is 3. The maximum atomic E-state index is 12.6. The fourth-order valence-electron chi connectivity index (χ4n) is 3.27. The number of H-pyrrole nitrogens is 1. The van der Waals surface area contributed by atoms with E-state index in [2.05, 4.69) is 25.6 Å². The summed E-state index contributed by atoms with van der Waals surface area (Å²) in [6.45, 7) is 2.45. The first-order valence-electron chi connectivity index (χ1n) is 8.55. The van der Waals surface area contributed by atoms with Crippen LogP contribution in [0, 0.1) is 0 Å². The van der Waals surface area contributed by atoms with Crippen molar-refractivity contribution in [1.29, 1.82) is 0 Å². The Balaban J connectivity index is 1.67. The van der Waals surface area contributed by atoms with Crippen molar-refractivity contribution in [3.05, 3.63) is 53.6 Å². The van der Waals surface area contributed by atoms with Gasteiger partial charge in [-0.15, -0.1) is 0 Å². The summed E-state index contributed by atoms with van der Waals surface area (Å²) in [7, 11) is 1.30. The molecule has 8 heteroatoms. The molecule has 0 bridgehead atoms. The second-order valence-electron chi connectivity index (χ2n) is 6.39. The first-order valence-corrected chi connectivity index (χ1v) is 8.55. The number of aromatic nitrogens is 2. The molecule has 1 aliphatic heterocycles. The number of urea groups is 1. The van der Waals surface area contributed by atoms with Gasteiger partial charge in [-0.3, -0.25) is 10.4 Å². The molecule has 0 radical (unpaired) electrons. The summed E-state index contributed by atoms with van der Waals surface area (Å²) in [6, 6.07) is 13.4. The Bertz CT molecular complexity index is 1010. The van der Waals surface area contributed by atoms with Crippen molar-refractivity contribution in [2.45, 2.75) is 19.5 Å². The van der Waals surface area contributed by atoms with Gasteiger partial charge in [0, 0.05) is 11.1 Å². The van der Waals surface area contributed by atoms with Crippen LogP contribution in [0.4, 0.5) is 21.1 Å². The van der Waals surface area contributed by atoms with E-state index in [1.165, 1.54) is 7.11 Å². The molecule has 0 saturated carbocycles. The van der Waals surface area contributed by atoms with E-state index in [4.69, 9.17) is 0 Å². The zero-order valence-corrected chi connectivity index (χ0v) is 14.9. The predicted octanol–water partition coefficient (Wildman–Crippen LogP) is 3.85. The lowest BCUT2D eigenvalue weighted by atomic mass is 10.0. The number of hydrogen-bond donors (Lipinski definition) is 3. The highest BCUT2D eigenvalue weighted by Gasteiger charge is 2.28. The van der Waals surface area contributed by atoms with Crippen LogP contribution in [-0.4, -0.2) is 34.3 Å². The molecule has 1 unspecified atom stereocenters. The van der Waals surface area contributed by atoms with Gasteiger partial charge in [-0.05, 0) is 30.2 Å². The van der Waals surface area contributed by atoms with Crippen molar-refractivity contribution >= 4 is 34.5 Å². The van der Waals surface area contributed by atoms with Crippen LogP contribution in [0.15, 0.2) is 42.5 Å². The van der Waals surface area contributed by atoms with Crippen molar-refractivity contribution in [3.8, 4) is 0 Å². The van der Waals surface area contributed by atoms with Gasteiger partial charge in [-0.1, -0.05) is 30.3 Å². The molecule has 1 atom stereocenters. The minimum atomic E-state index is -0.589. The Morgan fingerprint density at radius 2 is 2.07 bits per heavy atom. The molecular formula is C19H19N5O3. The van der Waals surface area contributed by atoms with Crippen LogP contribution in [0.25, 0.3) is 10.9 Å². The second kappa shape index (κ2) is 6.64. The molecule has 1 aliphatic rings. The number of ether oxygens (including phenoxy) is 1. The van der Waals surface area contributed by atoms with E-state index in [0.29, 0.717) is 17.9 Å². The van der Waals surface area contributed by atoms with E-state index < -0.39 is 6.09 Å². The number of benzene rings is 2. The van der Waals surface area contributed by atoms with Crippen LogP contribution in [-0.2, 0) is 11.3 Å². The minimum absolute atomic E-state index is 0.0768. The van der Waals surface area contributed by atoms with Gasteiger partial charge in [-0.25, -0.2) is 9.59 Å². The molecule has 0 spiro atoms. The fourth-order valence-corrected chi connectivity index (χ4v) is 3.27. The first-order chi connectivity index (χ1) is 13.1. The third-order valence-electron chi connectivity index (χ3n) is 4.79. The molecule has 0 aliphatic carbocycles. The molecule has 4 rings (SSSR count). The van der Waals surface area contributed by atoms with Crippen LogP contribution < -0.4 is 10.6 Å². The molecule has 0 saturated heterocycles. The van der Waals surface area contributed by atoms with Gasteiger partial charge in [0.2, 0.25) is 0 Å². The van der Waals surface area contributed by atoms with E-state index in [1.807, 2.05) is 49.4 Å². The Morgan fingerprint density at radius 3 is 2.81 bits per heavy atom. The van der Waals surface area contributed by atoms with E-state index in [0.717, 1.165) is 22.2 Å². The predicted molar refractivity (Wildman–Crippen MR) is 102 cm³/mol. The highest BCUT2D eigenvalue weighted by molar-refractivity contribution is 6.01. The van der Waals surface area contributed by atoms with E-state index >= 15 is 0 Å². The van der Waals surface area contributed by atoms with Crippen molar-refractivity contribution < 1.29 is 14.3 Å². The Labute approximate surface area is 155 Å². The van der Waals surface area contributed by atoms with Crippen LogP contribution in [0.1, 0.15) is 24.1 Å². The highest BCUT2D eigenvalue weighted by atomic mass is 16.5. The summed E-state index contributed by atoms with van der Waals surface area (Å²) in [5.41, 5.74) is 3.45. The van der Waals surface area contributed by atoms with Crippen LogP contribution in [0.3, 0.4) is 0 Å². The topological polar surface area (TPSA) is 99.3 Å². The lowest BCUT2D eigenvalue weighted by Crippen LogP contribution is -2.40. The number of hydrogen-bond acceptors (Lipinski definition) is 4. The summed E-state index contributed by atoms with van der Waals surface area (Å²) in [4.78, 5) is 25.9. The molecule has 1 aromatic heterocycles. The lowest BCUT2D eigenvalue weighted by molar-refractivity contribution is 0.186. The van der Waals surface area contributed by atoms with Gasteiger partial charge in [0.25, 0.3) is 0 Å². The Hall–Kier alpha value is -3.55. The minimum Gasteiger partial charge on any atom is -0.453 e. The fraction of sp³-hybridized carbons (Fsp3) is 0.211. The normalized spacial score (nSPS) is 14.4. The van der Waals surface area contributed by atoms with Gasteiger partial charge in [0.1, 0.15) is 0 Å². The third-order valence-corrected chi connectivity index (χ3v) is 4.79. The van der Waals surface area contributed by atoms with Gasteiger partial charge >= 0.3 is 12.1 Å².